The fraction of sp³-hybridized carbons (Fsp3) is 0.500. The molecule has 1 saturated heterocycles. The number of hydrogen-bond donors (Lipinski definition) is 2. The third kappa shape index (κ3) is 16.9. The van der Waals surface area contributed by atoms with Gasteiger partial charge >= 0.3 is 0 Å². The Morgan fingerprint density at radius 2 is 1.48 bits per heavy atom. The first-order valence-electron chi connectivity index (χ1n) is 16.4. The summed E-state index contributed by atoms with van der Waals surface area (Å²) in [5, 5.41) is 15.1. The molecule has 12 nitrogen and oxygen atoms in total. The van der Waals surface area contributed by atoms with Gasteiger partial charge in [-0.3, -0.25) is 9.59 Å². The Bertz CT molecular complexity index is 1370. The molecule has 0 bridgehead atoms. The first kappa shape index (κ1) is 43.3. The minimum atomic E-state index is -0.480. The van der Waals surface area contributed by atoms with E-state index in [9.17, 15) is 24.0 Å². The number of carbonyl (C=O) groups excluding carboxylic acids is 3. The number of likely N-dealkylation sites (tertiary alicyclic amines) is 1. The summed E-state index contributed by atoms with van der Waals surface area (Å²) in [5.41, 5.74) is 2.56. The molecular formula is C36H46FN4O8Tb-. The molecule has 2 unspecified atom stereocenters. The summed E-state index contributed by atoms with van der Waals surface area (Å²) < 4.78 is 40.5. The molecule has 0 saturated carbocycles. The molecule has 1 radical (unpaired) electrons. The number of aryl methyl sites for hydroxylation is 1. The van der Waals surface area contributed by atoms with Crippen molar-refractivity contribution in [1.29, 1.82) is 5.26 Å². The Morgan fingerprint density at radius 1 is 0.900 bits per heavy atom. The smallest absolute Gasteiger partial charge is 0.264 e. The number of nitrogens with zero attached hydrogens (tertiary/aromatic N) is 2. The zero-order valence-corrected chi connectivity index (χ0v) is 30.5. The van der Waals surface area contributed by atoms with Crippen LogP contribution < -0.4 is 10.6 Å². The van der Waals surface area contributed by atoms with E-state index in [2.05, 4.69) is 16.7 Å². The number of benzene rings is 2. The SMILES string of the molecule is Cc1cccc(C2CC(C(=O)NCCOCCOCCOCCOCCOCCN[C-]=O)CN(C(=O)/C(C#N)=C/c3ccc(F)cc3)C2)c1.[Tb]. The minimum absolute atomic E-state index is 0. The van der Waals surface area contributed by atoms with Gasteiger partial charge in [0.2, 0.25) is 5.91 Å². The van der Waals surface area contributed by atoms with Gasteiger partial charge < -0.3 is 44.0 Å². The summed E-state index contributed by atoms with van der Waals surface area (Å²) in [7, 11) is 0. The van der Waals surface area contributed by atoms with Gasteiger partial charge in [0.25, 0.3) is 5.91 Å². The molecular weight excluding hydrogens is 794 g/mol. The maximum atomic E-state index is 13.5. The van der Waals surface area contributed by atoms with Gasteiger partial charge in [-0.15, -0.1) is 0 Å². The third-order valence-electron chi connectivity index (χ3n) is 7.63. The minimum Gasteiger partial charge on any atom is -0.528 e. The summed E-state index contributed by atoms with van der Waals surface area (Å²) in [5.74, 6) is -1.63. The molecule has 0 aliphatic carbocycles. The maximum absolute atomic E-state index is 13.5. The quantitative estimate of drug-likeness (QED) is 0.0567. The van der Waals surface area contributed by atoms with Gasteiger partial charge in [0, 0.05) is 70.7 Å². The van der Waals surface area contributed by atoms with E-state index < -0.39 is 17.6 Å². The first-order valence-corrected chi connectivity index (χ1v) is 16.4. The second kappa shape index (κ2) is 26.0. The average molecular weight is 841 g/mol. The molecule has 3 rings (SSSR count). The summed E-state index contributed by atoms with van der Waals surface area (Å²) in [6, 6.07) is 15.5. The molecule has 3 amide bonds. The molecule has 1 heterocycles. The van der Waals surface area contributed by atoms with Crippen LogP contribution in [0.25, 0.3) is 6.08 Å². The first-order chi connectivity index (χ1) is 23.9. The van der Waals surface area contributed by atoms with E-state index in [1.165, 1.54) is 30.3 Å². The van der Waals surface area contributed by atoms with E-state index in [4.69, 9.17) is 23.7 Å². The second-order valence-electron chi connectivity index (χ2n) is 11.4. The number of ether oxygens (including phenoxy) is 5. The van der Waals surface area contributed by atoms with E-state index in [0.29, 0.717) is 97.7 Å². The molecule has 14 heteroatoms. The van der Waals surface area contributed by atoms with Gasteiger partial charge in [-0.1, -0.05) is 42.0 Å². The van der Waals surface area contributed by atoms with Crippen LogP contribution in [0.2, 0.25) is 0 Å². The van der Waals surface area contributed by atoms with Crippen molar-refractivity contribution in [3.05, 3.63) is 76.6 Å². The monoisotopic (exact) mass is 840 g/mol. The molecule has 2 N–H and O–H groups in total. The van der Waals surface area contributed by atoms with Crippen molar-refractivity contribution in [3.8, 4) is 6.07 Å². The van der Waals surface area contributed by atoms with Gasteiger partial charge in [0.15, 0.2) is 0 Å². The number of rotatable bonds is 23. The van der Waals surface area contributed by atoms with Gasteiger partial charge in [0.05, 0.1) is 72.0 Å². The normalized spacial score (nSPS) is 15.9. The summed E-state index contributed by atoms with van der Waals surface area (Å²) >= 11 is 0. The Morgan fingerprint density at radius 3 is 2.04 bits per heavy atom. The number of hydrogen-bond acceptors (Lipinski definition) is 9. The van der Waals surface area contributed by atoms with Crippen LogP contribution in [-0.2, 0) is 38.1 Å². The fourth-order valence-electron chi connectivity index (χ4n) is 5.20. The van der Waals surface area contributed by atoms with Gasteiger partial charge in [-0.2, -0.15) is 11.7 Å². The number of amides is 3. The van der Waals surface area contributed by atoms with Crippen molar-refractivity contribution in [2.45, 2.75) is 19.3 Å². The van der Waals surface area contributed by atoms with Crippen molar-refractivity contribution in [1.82, 2.24) is 15.5 Å². The molecule has 0 aromatic heterocycles. The van der Waals surface area contributed by atoms with Crippen LogP contribution in [0.1, 0.15) is 29.0 Å². The van der Waals surface area contributed by atoms with Gasteiger partial charge in [-0.25, -0.2) is 4.39 Å². The molecule has 2 aromatic carbocycles. The summed E-state index contributed by atoms with van der Waals surface area (Å²) in [6.45, 7) is 7.30. The zero-order chi connectivity index (χ0) is 35.1. The Labute approximate surface area is 324 Å². The molecule has 2 atom stereocenters. The van der Waals surface area contributed by atoms with Crippen LogP contribution in [-0.4, -0.2) is 115 Å². The van der Waals surface area contributed by atoms with Crippen molar-refractivity contribution in [2.75, 3.05) is 92.2 Å². The van der Waals surface area contributed by atoms with Crippen LogP contribution in [0.15, 0.2) is 54.1 Å². The number of piperidine rings is 1. The van der Waals surface area contributed by atoms with Crippen LogP contribution in [0.4, 0.5) is 4.39 Å². The number of nitrogens with one attached hydrogen (secondary N) is 2. The Balaban J connectivity index is 0.00000867. The standard InChI is InChI=1S/C36H46FN4O8.Tb/c1-28-3-2-4-30(21-28)32-23-33(26-41(25-32)36(44)31(24-38)22-29-5-7-34(37)8-6-29)35(43)40-10-12-46-14-16-48-18-20-49-19-17-47-15-13-45-11-9-39-27-42;/h2-8,21-22,32-33H,9-20,23,25-26H2,1H3,(H,39,42)(H,40,43);/q-1;/b31-22+;. The zero-order valence-electron chi connectivity index (χ0n) is 28.3. The maximum Gasteiger partial charge on any atom is 0.264 e. The second-order valence-corrected chi connectivity index (χ2v) is 11.4. The van der Waals surface area contributed by atoms with Crippen LogP contribution in [0, 0.1) is 68.6 Å². The fourth-order valence-corrected chi connectivity index (χ4v) is 5.20. The molecule has 50 heavy (non-hydrogen) atoms. The van der Waals surface area contributed by atoms with Crippen LogP contribution >= 0.6 is 0 Å². The molecule has 2 aromatic rings. The van der Waals surface area contributed by atoms with Crippen LogP contribution in [0.3, 0.4) is 0 Å². The molecule has 1 aliphatic heterocycles. The number of nitriles is 1. The number of halogens is 1. The molecule has 1 aliphatic rings. The molecule has 0 spiro atoms. The van der Waals surface area contributed by atoms with E-state index in [1.54, 1.807) is 11.3 Å². The van der Waals surface area contributed by atoms with Crippen molar-refractivity contribution < 1.29 is 81.1 Å². The third-order valence-corrected chi connectivity index (χ3v) is 7.63. The summed E-state index contributed by atoms with van der Waals surface area (Å²) in [6.07, 6.45) is 3.57. The Kier molecular flexibility index (Phi) is 22.5. The molecule has 1 fully saturated rings. The van der Waals surface area contributed by atoms with E-state index in [1.807, 2.05) is 31.2 Å². The Hall–Kier alpha value is -2.90. The summed E-state index contributed by atoms with van der Waals surface area (Å²) in [4.78, 5) is 38.4. The van der Waals surface area contributed by atoms with Crippen molar-refractivity contribution in [2.24, 2.45) is 5.92 Å². The van der Waals surface area contributed by atoms with E-state index >= 15 is 0 Å². The molecule has 275 valence electrons. The topological polar surface area (TPSA) is 148 Å². The van der Waals surface area contributed by atoms with Gasteiger partial charge in [0.1, 0.15) is 17.5 Å². The van der Waals surface area contributed by atoms with E-state index in [0.717, 1.165) is 11.1 Å². The van der Waals surface area contributed by atoms with Gasteiger partial charge in [-0.05, 0) is 42.7 Å². The number of carbonyl (C=O) groups is 2. The average Bonchev–Trinajstić information content (AvgIpc) is 3.11. The van der Waals surface area contributed by atoms with E-state index in [-0.39, 0.29) is 62.6 Å². The van der Waals surface area contributed by atoms with Crippen molar-refractivity contribution >= 4 is 24.3 Å². The predicted octanol–water partition coefficient (Wildman–Crippen LogP) is 2.53. The van der Waals surface area contributed by atoms with Crippen molar-refractivity contribution in [3.63, 3.8) is 0 Å². The van der Waals surface area contributed by atoms with Crippen LogP contribution in [0.5, 0.6) is 0 Å². The predicted molar refractivity (Wildman–Crippen MR) is 179 cm³/mol. The largest absolute Gasteiger partial charge is 0.528 e.